The Kier molecular flexibility index (Phi) is 2.25. The first-order valence-electron chi connectivity index (χ1n) is 4.95. The van der Waals surface area contributed by atoms with Gasteiger partial charge in [-0.1, -0.05) is 0 Å². The molecule has 0 fully saturated rings. The lowest BCUT2D eigenvalue weighted by atomic mass is 10.6. The van der Waals surface area contributed by atoms with Crippen LogP contribution < -0.4 is 5.73 Å². The van der Waals surface area contributed by atoms with Gasteiger partial charge in [0.2, 0.25) is 21.6 Å². The summed E-state index contributed by atoms with van der Waals surface area (Å²) >= 11 is 0. The van der Waals surface area contributed by atoms with Crippen molar-refractivity contribution >= 4 is 21.6 Å². The molecule has 0 spiro atoms. The van der Waals surface area contributed by atoms with Crippen molar-refractivity contribution in [2.75, 3.05) is 12.0 Å². The number of nitrogens with two attached hydrogens (primary N) is 1. The summed E-state index contributed by atoms with van der Waals surface area (Å²) in [5.41, 5.74) is 5.61. The van der Waals surface area contributed by atoms with E-state index in [4.69, 9.17) is 10.2 Å². The summed E-state index contributed by atoms with van der Waals surface area (Å²) in [4.78, 5) is 15.3. The maximum atomic E-state index is 11.4. The molecule has 0 aliphatic heterocycles. The summed E-state index contributed by atoms with van der Waals surface area (Å²) in [6.45, 7) is 0. The average molecular weight is 281 g/mol. The van der Waals surface area contributed by atoms with E-state index in [2.05, 4.69) is 25.0 Å². The molecule has 0 aromatic carbocycles. The second-order valence-corrected chi connectivity index (χ2v) is 5.53. The van der Waals surface area contributed by atoms with E-state index < -0.39 is 15.0 Å². The zero-order chi connectivity index (χ0) is 13.6. The van der Waals surface area contributed by atoms with Gasteiger partial charge >= 0.3 is 0 Å². The molecule has 10 nitrogen and oxygen atoms in total. The highest BCUT2D eigenvalue weighted by atomic mass is 32.2. The largest absolute Gasteiger partial charge is 0.442 e. The standard InChI is InChI=1S/C8H7N7O3S/c1-19(16,17)8-12-6(9)15-7(13-8)11-4(14-15)5-10-2-3-18-5/h2-3H,1H3,(H2,9,11,12,13,14). The number of hydrogen-bond acceptors (Lipinski definition) is 9. The highest BCUT2D eigenvalue weighted by Crippen LogP contribution is 2.15. The van der Waals surface area contributed by atoms with Crippen molar-refractivity contribution in [1.29, 1.82) is 0 Å². The molecule has 3 aromatic rings. The smallest absolute Gasteiger partial charge is 0.266 e. The van der Waals surface area contributed by atoms with Gasteiger partial charge in [-0.2, -0.15) is 19.5 Å². The molecule has 3 heterocycles. The van der Waals surface area contributed by atoms with Crippen LogP contribution in [0.5, 0.6) is 0 Å². The molecule has 0 unspecified atom stereocenters. The Morgan fingerprint density at radius 2 is 2.11 bits per heavy atom. The number of fused-ring (bicyclic) bond motifs is 1. The third-order valence-corrected chi connectivity index (χ3v) is 3.01. The Hall–Kier alpha value is -2.56. The number of hydrogen-bond donors (Lipinski definition) is 1. The van der Waals surface area contributed by atoms with Gasteiger partial charge in [-0.05, 0) is 0 Å². The normalized spacial score (nSPS) is 12.1. The van der Waals surface area contributed by atoms with Crippen LogP contribution in [0.15, 0.2) is 22.0 Å². The lowest BCUT2D eigenvalue weighted by Crippen LogP contribution is -2.11. The third kappa shape index (κ3) is 1.89. The van der Waals surface area contributed by atoms with Gasteiger partial charge in [0, 0.05) is 6.26 Å². The van der Waals surface area contributed by atoms with Crippen molar-refractivity contribution in [2.45, 2.75) is 5.16 Å². The number of rotatable bonds is 2. The first kappa shape index (κ1) is 11.5. The second-order valence-electron chi connectivity index (χ2n) is 3.62. The molecule has 0 amide bonds. The van der Waals surface area contributed by atoms with Crippen LogP contribution in [0.1, 0.15) is 0 Å². The minimum Gasteiger partial charge on any atom is -0.442 e. The van der Waals surface area contributed by atoms with Crippen LogP contribution in [0.4, 0.5) is 5.95 Å². The molecule has 3 aromatic heterocycles. The quantitative estimate of drug-likeness (QED) is 0.635. The Morgan fingerprint density at radius 3 is 2.74 bits per heavy atom. The van der Waals surface area contributed by atoms with E-state index in [0.29, 0.717) is 0 Å². The molecule has 2 N–H and O–H groups in total. The van der Waals surface area contributed by atoms with E-state index in [-0.39, 0.29) is 23.4 Å². The van der Waals surface area contributed by atoms with Crippen LogP contribution in [0, 0.1) is 0 Å². The molecule has 0 atom stereocenters. The lowest BCUT2D eigenvalue weighted by Gasteiger charge is -1.99. The van der Waals surface area contributed by atoms with Crippen LogP contribution in [0.2, 0.25) is 0 Å². The number of anilines is 1. The van der Waals surface area contributed by atoms with Gasteiger partial charge in [0.25, 0.3) is 16.8 Å². The number of nitrogens with zero attached hydrogens (tertiary/aromatic N) is 6. The monoisotopic (exact) mass is 281 g/mol. The lowest BCUT2D eigenvalue weighted by molar-refractivity contribution is 0.569. The minimum absolute atomic E-state index is 0.00104. The van der Waals surface area contributed by atoms with Crippen molar-refractivity contribution in [2.24, 2.45) is 0 Å². The van der Waals surface area contributed by atoms with Crippen molar-refractivity contribution in [3.05, 3.63) is 12.5 Å². The fraction of sp³-hybridized carbons (Fsp3) is 0.125. The van der Waals surface area contributed by atoms with Crippen molar-refractivity contribution in [3.8, 4) is 11.7 Å². The maximum Gasteiger partial charge on any atom is 0.266 e. The van der Waals surface area contributed by atoms with Gasteiger partial charge in [0.1, 0.15) is 6.26 Å². The SMILES string of the molecule is CS(=O)(=O)c1nc(N)n2nc(-c3ncco3)nc2n1. The van der Waals surface area contributed by atoms with Crippen molar-refractivity contribution in [3.63, 3.8) is 0 Å². The topological polar surface area (TPSA) is 142 Å². The predicted octanol–water partition coefficient (Wildman–Crippen LogP) is -0.840. The number of nitrogen functional groups attached to an aromatic ring is 1. The summed E-state index contributed by atoms with van der Waals surface area (Å²) in [7, 11) is -3.58. The van der Waals surface area contributed by atoms with E-state index in [1.54, 1.807) is 0 Å². The van der Waals surface area contributed by atoms with Gasteiger partial charge in [-0.25, -0.2) is 13.4 Å². The molecule has 0 bridgehead atoms. The van der Waals surface area contributed by atoms with Gasteiger partial charge in [-0.15, -0.1) is 5.10 Å². The Balaban J connectivity index is 2.26. The third-order valence-electron chi connectivity index (χ3n) is 2.17. The molecule has 19 heavy (non-hydrogen) atoms. The van der Waals surface area contributed by atoms with Gasteiger partial charge < -0.3 is 10.2 Å². The summed E-state index contributed by atoms with van der Waals surface area (Å²) < 4.78 is 28.9. The zero-order valence-corrected chi connectivity index (χ0v) is 10.4. The van der Waals surface area contributed by atoms with Crippen LogP contribution in [0.25, 0.3) is 17.5 Å². The van der Waals surface area contributed by atoms with Crippen LogP contribution in [-0.4, -0.2) is 44.2 Å². The predicted molar refractivity (Wildman–Crippen MR) is 61.6 cm³/mol. The minimum atomic E-state index is -3.58. The first-order chi connectivity index (χ1) is 8.95. The van der Waals surface area contributed by atoms with Crippen molar-refractivity contribution in [1.82, 2.24) is 29.5 Å². The molecule has 0 radical (unpaired) electrons. The van der Waals surface area contributed by atoms with E-state index in [0.717, 1.165) is 10.8 Å². The molecule has 11 heteroatoms. The van der Waals surface area contributed by atoms with Gasteiger partial charge in [0.05, 0.1) is 6.20 Å². The Bertz CT molecular complexity index is 852. The summed E-state index contributed by atoms with van der Waals surface area (Å²) in [6.07, 6.45) is 3.76. The summed E-state index contributed by atoms with van der Waals surface area (Å²) in [5, 5.41) is 3.57. The van der Waals surface area contributed by atoms with Crippen LogP contribution in [-0.2, 0) is 9.84 Å². The summed E-state index contributed by atoms with van der Waals surface area (Å²) in [5.74, 6) is 0.166. The zero-order valence-electron chi connectivity index (χ0n) is 9.55. The molecule has 0 aliphatic carbocycles. The summed E-state index contributed by atoms with van der Waals surface area (Å²) in [6, 6.07) is 0. The molecule has 0 saturated carbocycles. The second kappa shape index (κ2) is 3.71. The number of sulfone groups is 1. The number of oxazole rings is 1. The fourth-order valence-corrected chi connectivity index (χ4v) is 1.88. The fourth-order valence-electron chi connectivity index (χ4n) is 1.38. The Labute approximate surface area is 106 Å². The van der Waals surface area contributed by atoms with Gasteiger partial charge in [0.15, 0.2) is 0 Å². The molecule has 0 aliphatic rings. The van der Waals surface area contributed by atoms with Gasteiger partial charge in [-0.3, -0.25) is 0 Å². The van der Waals surface area contributed by atoms with Crippen LogP contribution >= 0.6 is 0 Å². The molecular weight excluding hydrogens is 274 g/mol. The Morgan fingerprint density at radius 1 is 1.32 bits per heavy atom. The van der Waals surface area contributed by atoms with E-state index >= 15 is 0 Å². The molecule has 0 saturated heterocycles. The van der Waals surface area contributed by atoms with Crippen LogP contribution in [0.3, 0.4) is 0 Å². The van der Waals surface area contributed by atoms with Crippen molar-refractivity contribution < 1.29 is 12.8 Å². The number of aromatic nitrogens is 6. The average Bonchev–Trinajstić information content (AvgIpc) is 2.95. The highest BCUT2D eigenvalue weighted by Gasteiger charge is 2.18. The maximum absolute atomic E-state index is 11.4. The molecule has 98 valence electrons. The first-order valence-corrected chi connectivity index (χ1v) is 6.84. The molecular formula is C8H7N7O3S. The van der Waals surface area contributed by atoms with E-state index in [1.165, 1.54) is 12.5 Å². The molecule has 3 rings (SSSR count). The highest BCUT2D eigenvalue weighted by molar-refractivity contribution is 7.90. The van der Waals surface area contributed by atoms with E-state index in [9.17, 15) is 8.42 Å². The van der Waals surface area contributed by atoms with E-state index in [1.807, 2.05) is 0 Å².